The maximum atomic E-state index is 11.8. The smallest absolute Gasteiger partial charge is 0.230 e. The first-order chi connectivity index (χ1) is 9.56. The molecule has 3 nitrogen and oxygen atoms in total. The molecule has 0 bridgehead atoms. The molecule has 0 aliphatic heterocycles. The van der Waals surface area contributed by atoms with Gasteiger partial charge < -0.3 is 5.32 Å². The Hall–Kier alpha value is -1.07. The number of amides is 1. The number of hydrogen-bond acceptors (Lipinski definition) is 4. The van der Waals surface area contributed by atoms with Gasteiger partial charge in [0.05, 0.1) is 16.0 Å². The van der Waals surface area contributed by atoms with Gasteiger partial charge in [0.1, 0.15) is 5.01 Å². The molecule has 0 saturated carbocycles. The van der Waals surface area contributed by atoms with E-state index in [2.05, 4.69) is 30.2 Å². The van der Waals surface area contributed by atoms with E-state index in [4.69, 9.17) is 0 Å². The molecule has 0 spiro atoms. The van der Waals surface area contributed by atoms with Crippen molar-refractivity contribution in [3.05, 3.63) is 29.3 Å². The quantitative estimate of drug-likeness (QED) is 0.885. The molecule has 2 aromatic rings. The number of aromatic nitrogens is 1. The Balaban J connectivity index is 1.79. The predicted octanol–water partition coefficient (Wildman–Crippen LogP) is 3.69. The van der Waals surface area contributed by atoms with Crippen molar-refractivity contribution in [1.82, 2.24) is 10.3 Å². The fourth-order valence-corrected chi connectivity index (χ4v) is 3.53. The zero-order valence-corrected chi connectivity index (χ0v) is 13.7. The third-order valence-electron chi connectivity index (χ3n) is 3.19. The van der Waals surface area contributed by atoms with Gasteiger partial charge in [-0.2, -0.15) is 0 Å². The third-order valence-corrected chi connectivity index (χ3v) is 5.35. The van der Waals surface area contributed by atoms with E-state index in [1.807, 2.05) is 25.1 Å². The number of nitrogens with one attached hydrogen (secondary N) is 1. The van der Waals surface area contributed by atoms with Crippen molar-refractivity contribution in [1.29, 1.82) is 0 Å². The predicted molar refractivity (Wildman–Crippen MR) is 88.2 cm³/mol. The minimum atomic E-state index is 0.109. The Bertz CT molecular complexity index is 547. The second kappa shape index (κ2) is 7.09. The number of thiazole rings is 1. The standard InChI is InChI=1S/C15H20N2OS2/c1-10(2)11(3)16-14(18)8-19-9-15-17-12-6-4-5-7-13(12)20-15/h4-7,10-11H,8-9H2,1-3H3,(H,16,18). The summed E-state index contributed by atoms with van der Waals surface area (Å²) in [5.41, 5.74) is 1.05. The summed E-state index contributed by atoms with van der Waals surface area (Å²) < 4.78 is 1.21. The molecule has 1 unspecified atom stereocenters. The van der Waals surface area contributed by atoms with E-state index in [-0.39, 0.29) is 11.9 Å². The van der Waals surface area contributed by atoms with Gasteiger partial charge in [0.2, 0.25) is 5.91 Å². The first kappa shape index (κ1) is 15.3. The van der Waals surface area contributed by atoms with Crippen molar-refractivity contribution >= 4 is 39.2 Å². The van der Waals surface area contributed by atoms with Crippen LogP contribution in [0.5, 0.6) is 0 Å². The van der Waals surface area contributed by atoms with Crippen LogP contribution in [0.25, 0.3) is 10.2 Å². The van der Waals surface area contributed by atoms with Crippen LogP contribution in [0, 0.1) is 5.92 Å². The van der Waals surface area contributed by atoms with Crippen molar-refractivity contribution < 1.29 is 4.79 Å². The summed E-state index contributed by atoms with van der Waals surface area (Å²) in [6, 6.07) is 8.36. The lowest BCUT2D eigenvalue weighted by Crippen LogP contribution is -2.37. The van der Waals surface area contributed by atoms with Gasteiger partial charge in [-0.25, -0.2) is 4.98 Å². The van der Waals surface area contributed by atoms with Crippen molar-refractivity contribution in [3.8, 4) is 0 Å². The van der Waals surface area contributed by atoms with Gasteiger partial charge >= 0.3 is 0 Å². The topological polar surface area (TPSA) is 42.0 Å². The Morgan fingerprint density at radius 1 is 1.35 bits per heavy atom. The van der Waals surface area contributed by atoms with E-state index < -0.39 is 0 Å². The molecule has 1 heterocycles. The van der Waals surface area contributed by atoms with Crippen LogP contribution in [0.15, 0.2) is 24.3 Å². The van der Waals surface area contributed by atoms with Crippen molar-refractivity contribution in [2.75, 3.05) is 5.75 Å². The van der Waals surface area contributed by atoms with Crippen LogP contribution < -0.4 is 5.32 Å². The van der Waals surface area contributed by atoms with Crippen LogP contribution in [-0.4, -0.2) is 22.7 Å². The molecule has 1 N–H and O–H groups in total. The fourth-order valence-electron chi connectivity index (χ4n) is 1.67. The zero-order chi connectivity index (χ0) is 14.5. The Kier molecular flexibility index (Phi) is 5.43. The van der Waals surface area contributed by atoms with Gasteiger partial charge in [0.25, 0.3) is 0 Å². The van der Waals surface area contributed by atoms with Crippen LogP contribution in [0.2, 0.25) is 0 Å². The molecule has 0 saturated heterocycles. The SMILES string of the molecule is CC(C)C(C)NC(=O)CSCc1nc2ccccc2s1. The lowest BCUT2D eigenvalue weighted by Gasteiger charge is -2.17. The number of fused-ring (bicyclic) bond motifs is 1. The molecule has 1 aromatic heterocycles. The summed E-state index contributed by atoms with van der Waals surface area (Å²) in [5, 5.41) is 4.10. The summed E-state index contributed by atoms with van der Waals surface area (Å²) in [7, 11) is 0. The maximum absolute atomic E-state index is 11.8. The lowest BCUT2D eigenvalue weighted by molar-refractivity contribution is -0.119. The van der Waals surface area contributed by atoms with Gasteiger partial charge in [0.15, 0.2) is 0 Å². The highest BCUT2D eigenvalue weighted by Gasteiger charge is 2.11. The van der Waals surface area contributed by atoms with Crippen LogP contribution in [0.3, 0.4) is 0 Å². The average molecular weight is 308 g/mol. The van der Waals surface area contributed by atoms with Crippen LogP contribution in [-0.2, 0) is 10.5 Å². The highest BCUT2D eigenvalue weighted by Crippen LogP contribution is 2.24. The molecule has 2 rings (SSSR count). The number of carbonyl (C=O) groups excluding carboxylic acids is 1. The molecule has 0 aliphatic rings. The molecular formula is C15H20N2OS2. The summed E-state index contributed by atoms with van der Waals surface area (Å²) >= 11 is 3.32. The van der Waals surface area contributed by atoms with Gasteiger partial charge in [-0.05, 0) is 25.0 Å². The Morgan fingerprint density at radius 3 is 2.80 bits per heavy atom. The number of nitrogens with zero attached hydrogens (tertiary/aromatic N) is 1. The first-order valence-corrected chi connectivity index (χ1v) is 8.75. The minimum Gasteiger partial charge on any atom is -0.353 e. The van der Waals surface area contributed by atoms with Crippen molar-refractivity contribution in [2.24, 2.45) is 5.92 Å². The Morgan fingerprint density at radius 2 is 2.10 bits per heavy atom. The minimum absolute atomic E-state index is 0.109. The van der Waals surface area contributed by atoms with E-state index in [1.54, 1.807) is 23.1 Å². The second-order valence-corrected chi connectivity index (χ2v) is 7.27. The van der Waals surface area contributed by atoms with E-state index in [0.29, 0.717) is 11.7 Å². The number of para-hydroxylation sites is 1. The molecule has 20 heavy (non-hydrogen) atoms. The normalized spacial score (nSPS) is 12.8. The van der Waals surface area contributed by atoms with Crippen molar-refractivity contribution in [3.63, 3.8) is 0 Å². The highest BCUT2D eigenvalue weighted by molar-refractivity contribution is 7.99. The monoisotopic (exact) mass is 308 g/mol. The van der Waals surface area contributed by atoms with Gasteiger partial charge in [0, 0.05) is 11.8 Å². The van der Waals surface area contributed by atoms with Gasteiger partial charge in [-0.15, -0.1) is 23.1 Å². The second-order valence-electron chi connectivity index (χ2n) is 5.17. The molecule has 1 aromatic carbocycles. The lowest BCUT2D eigenvalue weighted by atomic mass is 10.1. The van der Waals surface area contributed by atoms with E-state index in [0.717, 1.165) is 16.3 Å². The van der Waals surface area contributed by atoms with Crippen molar-refractivity contribution in [2.45, 2.75) is 32.6 Å². The molecule has 108 valence electrons. The highest BCUT2D eigenvalue weighted by atomic mass is 32.2. The number of benzene rings is 1. The molecule has 1 atom stereocenters. The van der Waals surface area contributed by atoms with Gasteiger partial charge in [-0.3, -0.25) is 4.79 Å². The summed E-state index contributed by atoms with van der Waals surface area (Å²) in [6.07, 6.45) is 0. The van der Waals surface area contributed by atoms with Crippen LogP contribution >= 0.6 is 23.1 Å². The first-order valence-electron chi connectivity index (χ1n) is 6.78. The fraction of sp³-hybridized carbons (Fsp3) is 0.467. The molecule has 1 amide bonds. The summed E-state index contributed by atoms with van der Waals surface area (Å²) in [4.78, 5) is 16.3. The maximum Gasteiger partial charge on any atom is 0.230 e. The van der Waals surface area contributed by atoms with Crippen LogP contribution in [0.1, 0.15) is 25.8 Å². The number of hydrogen-bond donors (Lipinski definition) is 1. The molecule has 0 fully saturated rings. The van der Waals surface area contributed by atoms with Crippen LogP contribution in [0.4, 0.5) is 0 Å². The summed E-state index contributed by atoms with van der Waals surface area (Å²) in [5.74, 6) is 1.86. The molecule has 5 heteroatoms. The molecule has 0 aliphatic carbocycles. The Labute approximate surface area is 128 Å². The zero-order valence-electron chi connectivity index (χ0n) is 12.1. The number of rotatable bonds is 6. The summed E-state index contributed by atoms with van der Waals surface area (Å²) in [6.45, 7) is 6.26. The van der Waals surface area contributed by atoms with E-state index >= 15 is 0 Å². The number of carbonyl (C=O) groups is 1. The largest absolute Gasteiger partial charge is 0.353 e. The molecular weight excluding hydrogens is 288 g/mol. The number of thioether (sulfide) groups is 1. The van der Waals surface area contributed by atoms with Gasteiger partial charge in [-0.1, -0.05) is 26.0 Å². The average Bonchev–Trinajstić information content (AvgIpc) is 2.81. The third kappa shape index (κ3) is 4.21. The molecule has 0 radical (unpaired) electrons. The van der Waals surface area contributed by atoms with E-state index in [1.165, 1.54) is 4.70 Å². The van der Waals surface area contributed by atoms with E-state index in [9.17, 15) is 4.79 Å².